The quantitative estimate of drug-likeness (QED) is 0.0732. The molecule has 0 heterocycles. The van der Waals surface area contributed by atoms with Gasteiger partial charge in [-0.05, 0) is 35.0 Å². The van der Waals surface area contributed by atoms with Crippen LogP contribution in [0, 0.1) is 12.3 Å². The summed E-state index contributed by atoms with van der Waals surface area (Å²) in [5.41, 5.74) is 0.160. The molecule has 0 spiro atoms. The molecule has 0 atom stereocenters. The fourth-order valence-electron chi connectivity index (χ4n) is 4.13. The summed E-state index contributed by atoms with van der Waals surface area (Å²) in [5, 5.41) is 11.7. The zero-order valence-corrected chi connectivity index (χ0v) is 24.6. The Kier molecular flexibility index (Phi) is 17.7. The second-order valence-electron chi connectivity index (χ2n) is 9.87. The third kappa shape index (κ3) is 13.9. The molecule has 0 aromatic heterocycles. The molecule has 0 amide bonds. The van der Waals surface area contributed by atoms with E-state index in [-0.39, 0.29) is 33.0 Å². The van der Waals surface area contributed by atoms with Crippen molar-refractivity contribution >= 4 is 16.7 Å². The van der Waals surface area contributed by atoms with E-state index in [1.807, 2.05) is 30.3 Å². The first-order valence-corrected chi connectivity index (χ1v) is 13.8. The molecule has 0 saturated heterocycles. The van der Waals surface area contributed by atoms with Crippen molar-refractivity contribution in [3.05, 3.63) is 78.7 Å². The predicted octanol–water partition coefficient (Wildman–Crippen LogP) is 9.92. The van der Waals surface area contributed by atoms with Crippen molar-refractivity contribution in [3.8, 4) is 11.5 Å². The van der Waals surface area contributed by atoms with Gasteiger partial charge in [-0.15, -0.1) is 0 Å². The number of carbonyl (C=O) groups excluding carboxylic acids is 1. The minimum absolute atomic E-state index is 0. The average molecular weight is 538 g/mol. The largest absolute Gasteiger partial charge is 0.507 e. The second-order valence-corrected chi connectivity index (χ2v) is 9.87. The standard InChI is InChI=1S/C17H12O3.C16H33.Ti/c18-16-11-13-7-5-4-6-12(13)10-15(16)17(19)20-14-8-2-1-3-9-14;1-4-5-6-7-8-9-10-11-12-13-14-15-16(2)3;/h1-11,18H;15-16H,4-14H2,1-3H3;/q;-1;. The van der Waals surface area contributed by atoms with Crippen LogP contribution >= 0.6 is 0 Å². The number of hydrogen-bond donors (Lipinski definition) is 1. The smallest absolute Gasteiger partial charge is 0.347 e. The first-order chi connectivity index (χ1) is 17.5. The molecule has 0 radical (unpaired) electrons. The van der Waals surface area contributed by atoms with Crippen molar-refractivity contribution in [2.75, 3.05) is 0 Å². The van der Waals surface area contributed by atoms with E-state index < -0.39 is 5.97 Å². The van der Waals surface area contributed by atoms with Crippen LogP contribution in [0.2, 0.25) is 0 Å². The number of aromatic hydroxyl groups is 1. The van der Waals surface area contributed by atoms with Gasteiger partial charge in [-0.1, -0.05) is 127 Å². The summed E-state index contributed by atoms with van der Waals surface area (Å²) in [4.78, 5) is 12.1. The maximum Gasteiger partial charge on any atom is 0.347 e. The van der Waals surface area contributed by atoms with Crippen molar-refractivity contribution in [3.63, 3.8) is 0 Å². The Morgan fingerprint density at radius 1 is 0.784 bits per heavy atom. The van der Waals surface area contributed by atoms with E-state index in [2.05, 4.69) is 27.2 Å². The maximum atomic E-state index is 12.1. The topological polar surface area (TPSA) is 46.5 Å². The van der Waals surface area contributed by atoms with Crippen molar-refractivity contribution < 1.29 is 36.4 Å². The Morgan fingerprint density at radius 3 is 1.86 bits per heavy atom. The summed E-state index contributed by atoms with van der Waals surface area (Å²) < 4.78 is 5.23. The zero-order valence-electron chi connectivity index (χ0n) is 23.0. The van der Waals surface area contributed by atoms with Crippen LogP contribution in [0.1, 0.15) is 102 Å². The third-order valence-corrected chi connectivity index (χ3v) is 6.23. The van der Waals surface area contributed by atoms with E-state index in [0.717, 1.165) is 16.7 Å². The number of esters is 1. The molecule has 1 N–H and O–H groups in total. The van der Waals surface area contributed by atoms with Gasteiger partial charge in [0.25, 0.3) is 0 Å². The molecule has 0 fully saturated rings. The van der Waals surface area contributed by atoms with E-state index in [9.17, 15) is 9.90 Å². The number of unbranched alkanes of at least 4 members (excludes halogenated alkanes) is 10. The molecule has 0 aliphatic carbocycles. The number of rotatable bonds is 14. The van der Waals surface area contributed by atoms with Crippen LogP contribution in [0.4, 0.5) is 0 Å². The molecule has 3 aromatic rings. The van der Waals surface area contributed by atoms with Gasteiger partial charge in [-0.25, -0.2) is 4.79 Å². The minimum Gasteiger partial charge on any atom is -0.507 e. The van der Waals surface area contributed by atoms with Crippen LogP contribution in [0.25, 0.3) is 10.8 Å². The van der Waals surface area contributed by atoms with Gasteiger partial charge in [-0.2, -0.15) is 12.3 Å². The number of fused-ring (bicyclic) bond motifs is 1. The first kappa shape index (κ1) is 32.9. The van der Waals surface area contributed by atoms with Gasteiger partial charge in [0.15, 0.2) is 0 Å². The Balaban J connectivity index is 0.000000372. The SMILES string of the molecule is CCCCCCCCCCCC[CH-]C(C)C.O=C(Oc1ccccc1)c1cc2ccccc2cc1O.[Ti]. The van der Waals surface area contributed by atoms with E-state index >= 15 is 0 Å². The zero-order chi connectivity index (χ0) is 26.0. The summed E-state index contributed by atoms with van der Waals surface area (Å²) >= 11 is 0. The van der Waals surface area contributed by atoms with Gasteiger partial charge in [0.05, 0.1) is 0 Å². The molecular formula is C33H45O3Ti-. The molecular weight excluding hydrogens is 492 g/mol. The monoisotopic (exact) mass is 537 g/mol. The first-order valence-electron chi connectivity index (χ1n) is 13.8. The molecule has 4 heteroatoms. The van der Waals surface area contributed by atoms with Crippen LogP contribution in [0.15, 0.2) is 66.7 Å². The number of ether oxygens (including phenoxy) is 1. The van der Waals surface area contributed by atoms with Gasteiger partial charge in [-0.3, -0.25) is 0 Å². The number of carbonyl (C=O) groups is 1. The summed E-state index contributed by atoms with van der Waals surface area (Å²) in [6.45, 7) is 6.83. The Morgan fingerprint density at radius 2 is 1.30 bits per heavy atom. The molecule has 37 heavy (non-hydrogen) atoms. The Labute approximate surface area is 239 Å². The van der Waals surface area contributed by atoms with Gasteiger partial charge >= 0.3 is 5.97 Å². The molecule has 0 saturated carbocycles. The molecule has 3 aromatic carbocycles. The molecule has 0 aliphatic heterocycles. The fourth-order valence-corrected chi connectivity index (χ4v) is 4.13. The normalized spacial score (nSPS) is 10.5. The minimum atomic E-state index is -0.570. The van der Waals surface area contributed by atoms with Crippen molar-refractivity contribution in [2.24, 2.45) is 5.92 Å². The van der Waals surface area contributed by atoms with Crippen LogP contribution in [-0.4, -0.2) is 11.1 Å². The third-order valence-electron chi connectivity index (χ3n) is 6.23. The van der Waals surface area contributed by atoms with Crippen LogP contribution in [-0.2, 0) is 21.7 Å². The number of para-hydroxylation sites is 1. The maximum absolute atomic E-state index is 12.1. The van der Waals surface area contributed by atoms with E-state index in [1.54, 1.807) is 36.4 Å². The predicted molar refractivity (Wildman–Crippen MR) is 153 cm³/mol. The van der Waals surface area contributed by atoms with Crippen LogP contribution in [0.3, 0.4) is 0 Å². The van der Waals surface area contributed by atoms with E-state index in [4.69, 9.17) is 4.74 Å². The van der Waals surface area contributed by atoms with Crippen molar-refractivity contribution in [1.82, 2.24) is 0 Å². The van der Waals surface area contributed by atoms with Crippen LogP contribution < -0.4 is 4.74 Å². The van der Waals surface area contributed by atoms with Gasteiger partial charge in [0.2, 0.25) is 0 Å². The summed E-state index contributed by atoms with van der Waals surface area (Å²) in [6.07, 6.45) is 18.2. The van der Waals surface area contributed by atoms with Crippen molar-refractivity contribution in [1.29, 1.82) is 0 Å². The summed E-state index contributed by atoms with van der Waals surface area (Å²) in [6, 6.07) is 19.5. The van der Waals surface area contributed by atoms with Crippen LogP contribution in [0.5, 0.6) is 11.5 Å². The fraction of sp³-hybridized carbons (Fsp3) is 0.455. The van der Waals surface area contributed by atoms with Crippen molar-refractivity contribution in [2.45, 2.75) is 91.4 Å². The van der Waals surface area contributed by atoms with E-state index in [1.165, 1.54) is 70.6 Å². The van der Waals surface area contributed by atoms with E-state index in [0.29, 0.717) is 5.75 Å². The van der Waals surface area contributed by atoms with Gasteiger partial charge in [0.1, 0.15) is 17.1 Å². The second kappa shape index (κ2) is 19.9. The number of hydrogen-bond acceptors (Lipinski definition) is 3. The molecule has 200 valence electrons. The molecule has 0 aliphatic rings. The number of phenolic OH excluding ortho intramolecular Hbond substituents is 1. The number of benzene rings is 3. The van der Waals surface area contributed by atoms with Gasteiger partial charge < -0.3 is 16.3 Å². The molecule has 3 rings (SSSR count). The Hall–Kier alpha value is -2.10. The Bertz CT molecular complexity index is 1000. The summed E-state index contributed by atoms with van der Waals surface area (Å²) in [5.74, 6) is 0.577. The number of phenols is 1. The molecule has 0 unspecified atom stereocenters. The average Bonchev–Trinajstić information content (AvgIpc) is 2.87. The van der Waals surface area contributed by atoms with Gasteiger partial charge in [0, 0.05) is 21.7 Å². The molecule has 3 nitrogen and oxygen atoms in total. The summed E-state index contributed by atoms with van der Waals surface area (Å²) in [7, 11) is 0. The molecule has 0 bridgehead atoms.